The van der Waals surface area contributed by atoms with Crippen LogP contribution in [0.25, 0.3) is 0 Å². The number of hydrogen-bond donors (Lipinski definition) is 1. The average Bonchev–Trinajstić information content (AvgIpc) is 3.09. The lowest BCUT2D eigenvalue weighted by Crippen LogP contribution is -2.42. The number of fused-ring (bicyclic) bond motifs is 1. The van der Waals surface area contributed by atoms with Gasteiger partial charge in [0.25, 0.3) is 5.91 Å². The SMILES string of the molecule is Nc1nccnc1[C@@H]1CN(C(=O)c2ccc3c(c2)OCO3)CCO1. The molecule has 2 N–H and O–H groups in total. The number of carbonyl (C=O) groups is 1. The van der Waals surface area contributed by atoms with Gasteiger partial charge in [0, 0.05) is 24.5 Å². The number of anilines is 1. The van der Waals surface area contributed by atoms with Crippen molar-refractivity contribution in [3.05, 3.63) is 41.9 Å². The highest BCUT2D eigenvalue weighted by Crippen LogP contribution is 2.33. The summed E-state index contributed by atoms with van der Waals surface area (Å²) in [5, 5.41) is 0. The molecule has 2 aliphatic heterocycles. The number of benzene rings is 1. The predicted octanol–water partition coefficient (Wildman–Crippen LogP) is 1.00. The molecule has 1 amide bonds. The lowest BCUT2D eigenvalue weighted by atomic mass is 10.1. The van der Waals surface area contributed by atoms with Crippen molar-refractivity contribution < 1.29 is 19.0 Å². The molecule has 24 heavy (non-hydrogen) atoms. The Labute approximate surface area is 138 Å². The first-order valence-electron chi connectivity index (χ1n) is 7.59. The van der Waals surface area contributed by atoms with E-state index in [0.717, 1.165) is 0 Å². The molecule has 3 heterocycles. The number of amides is 1. The van der Waals surface area contributed by atoms with Crippen LogP contribution in [0, 0.1) is 0 Å². The molecular formula is C16H16N4O4. The van der Waals surface area contributed by atoms with Gasteiger partial charge < -0.3 is 24.8 Å². The molecule has 4 rings (SSSR count). The fraction of sp³-hybridized carbons (Fsp3) is 0.312. The average molecular weight is 328 g/mol. The fourth-order valence-corrected chi connectivity index (χ4v) is 2.82. The second-order valence-electron chi connectivity index (χ2n) is 5.51. The summed E-state index contributed by atoms with van der Waals surface area (Å²) < 4.78 is 16.3. The highest BCUT2D eigenvalue weighted by molar-refractivity contribution is 5.95. The third-order valence-corrected chi connectivity index (χ3v) is 4.03. The van der Waals surface area contributed by atoms with Crippen LogP contribution in [0.3, 0.4) is 0 Å². The quantitative estimate of drug-likeness (QED) is 0.878. The van der Waals surface area contributed by atoms with Gasteiger partial charge in [0.15, 0.2) is 11.5 Å². The summed E-state index contributed by atoms with van der Waals surface area (Å²) in [6.45, 7) is 1.47. The van der Waals surface area contributed by atoms with Crippen molar-refractivity contribution in [3.63, 3.8) is 0 Å². The van der Waals surface area contributed by atoms with Crippen molar-refractivity contribution in [2.75, 3.05) is 32.2 Å². The van der Waals surface area contributed by atoms with Crippen molar-refractivity contribution in [1.82, 2.24) is 14.9 Å². The molecule has 0 spiro atoms. The normalized spacial score (nSPS) is 19.3. The van der Waals surface area contributed by atoms with Crippen LogP contribution in [0.1, 0.15) is 22.2 Å². The first kappa shape index (κ1) is 14.7. The molecule has 8 heteroatoms. The number of carbonyl (C=O) groups excluding carboxylic acids is 1. The minimum Gasteiger partial charge on any atom is -0.454 e. The number of aromatic nitrogens is 2. The smallest absolute Gasteiger partial charge is 0.254 e. The number of nitrogen functional groups attached to an aromatic ring is 1. The van der Waals surface area contributed by atoms with Crippen LogP contribution in [0.2, 0.25) is 0 Å². The molecule has 2 aliphatic rings. The van der Waals surface area contributed by atoms with E-state index in [1.54, 1.807) is 29.3 Å². The number of rotatable bonds is 2. The summed E-state index contributed by atoms with van der Waals surface area (Å²) in [6, 6.07) is 5.18. The molecule has 1 saturated heterocycles. The van der Waals surface area contributed by atoms with Gasteiger partial charge >= 0.3 is 0 Å². The van der Waals surface area contributed by atoms with E-state index < -0.39 is 0 Å². The fourth-order valence-electron chi connectivity index (χ4n) is 2.82. The van der Waals surface area contributed by atoms with Crippen molar-refractivity contribution >= 4 is 11.7 Å². The van der Waals surface area contributed by atoms with Gasteiger partial charge in [-0.3, -0.25) is 9.78 Å². The van der Waals surface area contributed by atoms with Crippen LogP contribution in [0.5, 0.6) is 11.5 Å². The number of morpholine rings is 1. The van der Waals surface area contributed by atoms with Gasteiger partial charge in [0.05, 0.1) is 13.2 Å². The Morgan fingerprint density at radius 2 is 2.04 bits per heavy atom. The Balaban J connectivity index is 1.53. The van der Waals surface area contributed by atoms with Crippen LogP contribution in [-0.4, -0.2) is 47.3 Å². The van der Waals surface area contributed by atoms with Gasteiger partial charge in [-0.25, -0.2) is 4.98 Å². The molecule has 124 valence electrons. The zero-order valence-corrected chi connectivity index (χ0v) is 12.8. The standard InChI is InChI=1S/C16H16N4O4/c17-15-14(18-3-4-19-15)13-8-20(5-6-22-13)16(21)10-1-2-11-12(7-10)24-9-23-11/h1-4,7,13H,5-6,8-9H2,(H2,17,19)/t13-/m0/s1. The van der Waals surface area contributed by atoms with E-state index in [4.69, 9.17) is 19.9 Å². The molecule has 1 atom stereocenters. The second kappa shape index (κ2) is 5.97. The zero-order valence-electron chi connectivity index (χ0n) is 12.8. The molecule has 2 aromatic rings. The third-order valence-electron chi connectivity index (χ3n) is 4.03. The van der Waals surface area contributed by atoms with E-state index in [0.29, 0.717) is 48.3 Å². The highest BCUT2D eigenvalue weighted by atomic mass is 16.7. The van der Waals surface area contributed by atoms with Gasteiger partial charge in [0.1, 0.15) is 17.6 Å². The van der Waals surface area contributed by atoms with Crippen molar-refractivity contribution in [1.29, 1.82) is 0 Å². The summed E-state index contributed by atoms with van der Waals surface area (Å²) in [5.41, 5.74) is 6.96. The Morgan fingerprint density at radius 3 is 2.92 bits per heavy atom. The number of ether oxygens (including phenoxy) is 3. The Morgan fingerprint density at radius 1 is 1.21 bits per heavy atom. The molecule has 0 unspecified atom stereocenters. The number of nitrogens with zero attached hydrogens (tertiary/aromatic N) is 3. The second-order valence-corrected chi connectivity index (χ2v) is 5.51. The maximum Gasteiger partial charge on any atom is 0.254 e. The first-order valence-corrected chi connectivity index (χ1v) is 7.59. The summed E-state index contributed by atoms with van der Waals surface area (Å²) in [7, 11) is 0. The van der Waals surface area contributed by atoms with Crippen molar-refractivity contribution in [3.8, 4) is 11.5 Å². The molecule has 0 saturated carbocycles. The van der Waals surface area contributed by atoms with Gasteiger partial charge in [-0.1, -0.05) is 0 Å². The van der Waals surface area contributed by atoms with Crippen LogP contribution in [0.4, 0.5) is 5.82 Å². The Bertz CT molecular complexity index is 782. The minimum atomic E-state index is -0.384. The highest BCUT2D eigenvalue weighted by Gasteiger charge is 2.29. The van der Waals surface area contributed by atoms with E-state index in [1.807, 2.05) is 0 Å². The number of nitrogens with two attached hydrogens (primary N) is 1. The molecule has 1 aromatic heterocycles. The van der Waals surface area contributed by atoms with E-state index in [9.17, 15) is 4.79 Å². The van der Waals surface area contributed by atoms with Crippen molar-refractivity contribution in [2.24, 2.45) is 0 Å². The van der Waals surface area contributed by atoms with Crippen LogP contribution >= 0.6 is 0 Å². The van der Waals surface area contributed by atoms with Crippen LogP contribution in [-0.2, 0) is 4.74 Å². The Kier molecular flexibility index (Phi) is 3.66. The predicted molar refractivity (Wildman–Crippen MR) is 83.6 cm³/mol. The van der Waals surface area contributed by atoms with Gasteiger partial charge in [-0.15, -0.1) is 0 Å². The molecule has 1 fully saturated rings. The monoisotopic (exact) mass is 328 g/mol. The third kappa shape index (κ3) is 2.61. The summed E-state index contributed by atoms with van der Waals surface area (Å²) in [5.74, 6) is 1.46. The molecule has 1 aromatic carbocycles. The van der Waals surface area contributed by atoms with Crippen LogP contribution in [0.15, 0.2) is 30.6 Å². The van der Waals surface area contributed by atoms with Gasteiger partial charge in [0.2, 0.25) is 6.79 Å². The minimum absolute atomic E-state index is 0.0935. The summed E-state index contributed by atoms with van der Waals surface area (Å²) >= 11 is 0. The van der Waals surface area contributed by atoms with E-state index in [-0.39, 0.29) is 18.8 Å². The summed E-state index contributed by atoms with van der Waals surface area (Å²) in [4.78, 5) is 22.7. The maximum absolute atomic E-state index is 12.8. The van der Waals surface area contributed by atoms with E-state index >= 15 is 0 Å². The largest absolute Gasteiger partial charge is 0.454 e. The lowest BCUT2D eigenvalue weighted by molar-refractivity contribution is -0.0245. The molecule has 8 nitrogen and oxygen atoms in total. The lowest BCUT2D eigenvalue weighted by Gasteiger charge is -2.32. The Hall–Kier alpha value is -2.87. The van der Waals surface area contributed by atoms with Crippen LogP contribution < -0.4 is 15.2 Å². The van der Waals surface area contributed by atoms with E-state index in [2.05, 4.69) is 9.97 Å². The van der Waals surface area contributed by atoms with Gasteiger partial charge in [-0.2, -0.15) is 0 Å². The maximum atomic E-state index is 12.8. The van der Waals surface area contributed by atoms with E-state index in [1.165, 1.54) is 6.20 Å². The van der Waals surface area contributed by atoms with Crippen molar-refractivity contribution in [2.45, 2.75) is 6.10 Å². The molecule has 0 aliphatic carbocycles. The zero-order chi connectivity index (χ0) is 16.5. The summed E-state index contributed by atoms with van der Waals surface area (Å²) in [6.07, 6.45) is 2.70. The molecule has 0 radical (unpaired) electrons. The topological polar surface area (TPSA) is 99.8 Å². The first-order chi connectivity index (χ1) is 11.7. The number of hydrogen-bond acceptors (Lipinski definition) is 7. The molecule has 0 bridgehead atoms. The molecular weight excluding hydrogens is 312 g/mol. The van der Waals surface area contributed by atoms with Gasteiger partial charge in [-0.05, 0) is 18.2 Å².